The van der Waals surface area contributed by atoms with Crippen molar-refractivity contribution >= 4 is 5.91 Å². The van der Waals surface area contributed by atoms with Crippen LogP contribution in [0.2, 0.25) is 0 Å². The van der Waals surface area contributed by atoms with E-state index in [4.69, 9.17) is 0 Å². The molecule has 4 nitrogen and oxygen atoms in total. The van der Waals surface area contributed by atoms with Gasteiger partial charge < -0.3 is 15.5 Å². The van der Waals surface area contributed by atoms with E-state index in [-0.39, 0.29) is 11.8 Å². The molecule has 0 saturated carbocycles. The van der Waals surface area contributed by atoms with Crippen LogP contribution < -0.4 is 10.6 Å². The maximum atomic E-state index is 11.8. The largest absolute Gasteiger partial charge is 0.356 e. The summed E-state index contributed by atoms with van der Waals surface area (Å²) in [7, 11) is 0. The minimum absolute atomic E-state index is 0.192. The predicted molar refractivity (Wildman–Crippen MR) is 71.0 cm³/mol. The first kappa shape index (κ1) is 14.5. The molecule has 1 aliphatic rings. The average molecular weight is 241 g/mol. The Labute approximate surface area is 105 Å². The number of hydrogen-bond acceptors (Lipinski definition) is 3. The maximum Gasteiger partial charge on any atom is 0.224 e. The minimum atomic E-state index is 0.192. The van der Waals surface area contributed by atoms with Crippen LogP contribution >= 0.6 is 0 Å². The zero-order valence-electron chi connectivity index (χ0n) is 11.3. The Hall–Kier alpha value is -0.610. The molecule has 0 spiro atoms. The normalized spacial score (nSPS) is 20.5. The second-order valence-corrected chi connectivity index (χ2v) is 4.71. The predicted octanol–water partition coefficient (Wildman–Crippen LogP) is 0.834. The van der Waals surface area contributed by atoms with Gasteiger partial charge in [0.15, 0.2) is 0 Å². The molecule has 0 bridgehead atoms. The average Bonchev–Trinajstić information content (AvgIpc) is 2.40. The Morgan fingerprint density at radius 3 is 2.76 bits per heavy atom. The van der Waals surface area contributed by atoms with Crippen molar-refractivity contribution in [3.63, 3.8) is 0 Å². The summed E-state index contributed by atoms with van der Waals surface area (Å²) in [5.41, 5.74) is 0. The summed E-state index contributed by atoms with van der Waals surface area (Å²) in [5.74, 6) is 0.425. The van der Waals surface area contributed by atoms with Crippen molar-refractivity contribution in [2.45, 2.75) is 33.1 Å². The van der Waals surface area contributed by atoms with Crippen LogP contribution in [0, 0.1) is 5.92 Å². The zero-order chi connectivity index (χ0) is 12.5. The van der Waals surface area contributed by atoms with Crippen LogP contribution in [-0.2, 0) is 4.79 Å². The third kappa shape index (κ3) is 5.50. The number of rotatable bonds is 7. The van der Waals surface area contributed by atoms with Crippen molar-refractivity contribution in [2.75, 3.05) is 39.3 Å². The van der Waals surface area contributed by atoms with Gasteiger partial charge in [-0.05, 0) is 45.4 Å². The Bertz CT molecular complexity index is 211. The van der Waals surface area contributed by atoms with Crippen LogP contribution in [0.5, 0.6) is 0 Å². The molecule has 1 fully saturated rings. The van der Waals surface area contributed by atoms with Crippen molar-refractivity contribution in [1.82, 2.24) is 15.5 Å². The van der Waals surface area contributed by atoms with Crippen molar-refractivity contribution in [2.24, 2.45) is 5.92 Å². The highest BCUT2D eigenvalue weighted by Gasteiger charge is 2.19. The summed E-state index contributed by atoms with van der Waals surface area (Å²) in [5, 5.41) is 6.32. The molecule has 1 saturated heterocycles. The van der Waals surface area contributed by atoms with Crippen molar-refractivity contribution in [1.29, 1.82) is 0 Å². The molecule has 1 aliphatic heterocycles. The number of nitrogens with one attached hydrogen (secondary N) is 2. The van der Waals surface area contributed by atoms with Gasteiger partial charge >= 0.3 is 0 Å². The van der Waals surface area contributed by atoms with Gasteiger partial charge in [0.1, 0.15) is 0 Å². The van der Waals surface area contributed by atoms with E-state index in [1.807, 2.05) is 0 Å². The van der Waals surface area contributed by atoms with Gasteiger partial charge in [0.2, 0.25) is 5.91 Å². The van der Waals surface area contributed by atoms with E-state index in [1.54, 1.807) is 0 Å². The van der Waals surface area contributed by atoms with Gasteiger partial charge in [-0.1, -0.05) is 13.8 Å². The molecular formula is C13H27N3O. The third-order valence-corrected chi connectivity index (χ3v) is 3.51. The van der Waals surface area contributed by atoms with Crippen LogP contribution in [0.25, 0.3) is 0 Å². The number of amides is 1. The lowest BCUT2D eigenvalue weighted by Crippen LogP contribution is -2.41. The van der Waals surface area contributed by atoms with Crippen LogP contribution in [0.3, 0.4) is 0 Å². The summed E-state index contributed by atoms with van der Waals surface area (Å²) in [4.78, 5) is 14.2. The minimum Gasteiger partial charge on any atom is -0.356 e. The highest BCUT2D eigenvalue weighted by Crippen LogP contribution is 2.09. The monoisotopic (exact) mass is 241 g/mol. The van der Waals surface area contributed by atoms with Gasteiger partial charge in [0.05, 0.1) is 5.92 Å². The quantitative estimate of drug-likeness (QED) is 0.649. The van der Waals surface area contributed by atoms with Gasteiger partial charge in [0, 0.05) is 13.1 Å². The van der Waals surface area contributed by atoms with Gasteiger partial charge in [-0.25, -0.2) is 0 Å². The van der Waals surface area contributed by atoms with Crippen LogP contribution in [0.4, 0.5) is 0 Å². The van der Waals surface area contributed by atoms with Gasteiger partial charge in [0.25, 0.3) is 0 Å². The van der Waals surface area contributed by atoms with Crippen molar-refractivity contribution in [3.8, 4) is 0 Å². The molecule has 0 radical (unpaired) electrons. The number of piperidine rings is 1. The van der Waals surface area contributed by atoms with E-state index in [0.717, 1.165) is 58.5 Å². The molecule has 1 atom stereocenters. The van der Waals surface area contributed by atoms with E-state index in [0.29, 0.717) is 0 Å². The summed E-state index contributed by atoms with van der Waals surface area (Å²) in [6.45, 7) is 10.3. The Morgan fingerprint density at radius 2 is 2.18 bits per heavy atom. The summed E-state index contributed by atoms with van der Waals surface area (Å²) < 4.78 is 0. The van der Waals surface area contributed by atoms with Crippen molar-refractivity contribution < 1.29 is 4.79 Å². The molecule has 0 unspecified atom stereocenters. The second-order valence-electron chi connectivity index (χ2n) is 4.71. The zero-order valence-corrected chi connectivity index (χ0v) is 11.3. The van der Waals surface area contributed by atoms with E-state index in [1.165, 1.54) is 0 Å². The SMILES string of the molecule is CCN(CC)CCCNC(=O)[C@@H]1CCCNC1. The summed E-state index contributed by atoms with van der Waals surface area (Å²) >= 11 is 0. The lowest BCUT2D eigenvalue weighted by atomic mass is 9.99. The first-order valence-electron chi connectivity index (χ1n) is 6.98. The molecule has 0 aliphatic carbocycles. The molecule has 100 valence electrons. The Morgan fingerprint density at radius 1 is 1.41 bits per heavy atom. The molecule has 0 aromatic carbocycles. The fraction of sp³-hybridized carbons (Fsp3) is 0.923. The van der Waals surface area contributed by atoms with E-state index >= 15 is 0 Å². The first-order valence-corrected chi connectivity index (χ1v) is 6.98. The number of hydrogen-bond donors (Lipinski definition) is 2. The number of carbonyl (C=O) groups excluding carboxylic acids is 1. The van der Waals surface area contributed by atoms with Crippen LogP contribution in [0.15, 0.2) is 0 Å². The fourth-order valence-electron chi connectivity index (χ4n) is 2.27. The van der Waals surface area contributed by atoms with E-state index in [9.17, 15) is 4.79 Å². The lowest BCUT2D eigenvalue weighted by Gasteiger charge is -2.22. The molecule has 4 heteroatoms. The summed E-state index contributed by atoms with van der Waals surface area (Å²) in [6, 6.07) is 0. The smallest absolute Gasteiger partial charge is 0.224 e. The van der Waals surface area contributed by atoms with Crippen molar-refractivity contribution in [3.05, 3.63) is 0 Å². The molecule has 2 N–H and O–H groups in total. The Kier molecular flexibility index (Phi) is 7.21. The first-order chi connectivity index (χ1) is 8.27. The number of nitrogens with zero attached hydrogens (tertiary/aromatic N) is 1. The highest BCUT2D eigenvalue weighted by molar-refractivity contribution is 5.78. The highest BCUT2D eigenvalue weighted by atomic mass is 16.1. The lowest BCUT2D eigenvalue weighted by molar-refractivity contribution is -0.125. The Balaban J connectivity index is 2.07. The summed E-state index contributed by atoms with van der Waals surface area (Å²) in [6.07, 6.45) is 3.21. The molecule has 1 amide bonds. The second kappa shape index (κ2) is 8.48. The molecule has 0 aromatic heterocycles. The van der Waals surface area contributed by atoms with Gasteiger partial charge in [-0.2, -0.15) is 0 Å². The molecule has 1 rings (SSSR count). The van der Waals surface area contributed by atoms with E-state index < -0.39 is 0 Å². The topological polar surface area (TPSA) is 44.4 Å². The number of carbonyl (C=O) groups is 1. The molecule has 0 aromatic rings. The molecule has 17 heavy (non-hydrogen) atoms. The van der Waals surface area contributed by atoms with Gasteiger partial charge in [-0.3, -0.25) is 4.79 Å². The fourth-order valence-corrected chi connectivity index (χ4v) is 2.27. The maximum absolute atomic E-state index is 11.8. The van der Waals surface area contributed by atoms with E-state index in [2.05, 4.69) is 29.4 Å². The van der Waals surface area contributed by atoms with Crippen LogP contribution in [-0.4, -0.2) is 50.1 Å². The standard InChI is InChI=1S/C13H27N3O/c1-3-16(4-2)10-6-9-15-13(17)12-7-5-8-14-11-12/h12,14H,3-11H2,1-2H3,(H,15,17)/t12-/m1/s1. The van der Waals surface area contributed by atoms with Crippen LogP contribution in [0.1, 0.15) is 33.1 Å². The third-order valence-electron chi connectivity index (χ3n) is 3.51. The molecular weight excluding hydrogens is 214 g/mol. The molecule has 1 heterocycles. The van der Waals surface area contributed by atoms with Gasteiger partial charge in [-0.15, -0.1) is 0 Å².